The normalized spacial score (nSPS) is 20.3. The van der Waals surface area contributed by atoms with Gasteiger partial charge in [-0.1, -0.05) is 0 Å². The number of ketones is 1. The summed E-state index contributed by atoms with van der Waals surface area (Å²) in [5, 5.41) is 7.02. The average Bonchev–Trinajstić information content (AvgIpc) is 3.22. The van der Waals surface area contributed by atoms with Crippen LogP contribution in [-0.2, 0) is 22.1 Å². The van der Waals surface area contributed by atoms with E-state index in [1.807, 2.05) is 0 Å². The Balaban J connectivity index is 1.63. The second-order valence-corrected chi connectivity index (χ2v) is 8.76. The van der Waals surface area contributed by atoms with Gasteiger partial charge in [-0.25, -0.2) is 4.68 Å². The van der Waals surface area contributed by atoms with Crippen molar-refractivity contribution in [1.29, 1.82) is 0 Å². The largest absolute Gasteiger partial charge is 0.461 e. The Kier molecular flexibility index (Phi) is 6.84. The van der Waals surface area contributed by atoms with Crippen molar-refractivity contribution in [2.45, 2.75) is 63.3 Å². The molecule has 0 atom stereocenters. The number of alkyl halides is 3. The van der Waals surface area contributed by atoms with Gasteiger partial charge in [0, 0.05) is 18.2 Å². The van der Waals surface area contributed by atoms with Crippen molar-refractivity contribution in [2.24, 2.45) is 11.5 Å². The van der Waals surface area contributed by atoms with Gasteiger partial charge in [0.15, 0.2) is 11.5 Å². The lowest BCUT2D eigenvalue weighted by atomic mass is 9.92. The van der Waals surface area contributed by atoms with E-state index in [1.54, 1.807) is 0 Å². The van der Waals surface area contributed by atoms with Crippen LogP contribution >= 0.6 is 0 Å². The highest BCUT2D eigenvalue weighted by atomic mass is 19.4. The summed E-state index contributed by atoms with van der Waals surface area (Å²) in [6, 6.07) is 4.34. The van der Waals surface area contributed by atoms with Crippen LogP contribution < -0.4 is 16.8 Å². The van der Waals surface area contributed by atoms with Crippen LogP contribution in [0.2, 0.25) is 0 Å². The minimum absolute atomic E-state index is 0.0401. The molecule has 1 aromatic carbocycles. The number of carbonyl (C=O) groups is 3. The first-order valence-corrected chi connectivity index (χ1v) is 11.4. The predicted octanol–water partition coefficient (Wildman–Crippen LogP) is 2.73. The van der Waals surface area contributed by atoms with E-state index in [1.165, 1.54) is 18.2 Å². The maximum atomic E-state index is 13.6. The van der Waals surface area contributed by atoms with Gasteiger partial charge in [0.25, 0.3) is 5.91 Å². The van der Waals surface area contributed by atoms with Gasteiger partial charge in [0.2, 0.25) is 0 Å². The molecule has 12 heteroatoms. The third-order valence-corrected chi connectivity index (χ3v) is 6.36. The van der Waals surface area contributed by atoms with Crippen molar-refractivity contribution in [3.8, 4) is 5.69 Å². The van der Waals surface area contributed by atoms with Crippen LogP contribution in [0, 0.1) is 0 Å². The number of rotatable bonds is 6. The Labute approximate surface area is 199 Å². The number of halogens is 3. The summed E-state index contributed by atoms with van der Waals surface area (Å²) in [7, 11) is 0. The molecule has 5 N–H and O–H groups in total. The Morgan fingerprint density at radius 1 is 1.17 bits per heavy atom. The minimum Gasteiger partial charge on any atom is -0.461 e. The summed E-state index contributed by atoms with van der Waals surface area (Å²) in [5.41, 5.74) is 10.2. The monoisotopic (exact) mass is 493 g/mol. The van der Waals surface area contributed by atoms with E-state index in [2.05, 4.69) is 10.4 Å². The van der Waals surface area contributed by atoms with Crippen LogP contribution in [0.5, 0.6) is 0 Å². The molecular weight excluding hydrogens is 467 g/mol. The zero-order chi connectivity index (χ0) is 25.3. The van der Waals surface area contributed by atoms with Gasteiger partial charge in [0.05, 0.1) is 29.1 Å². The third-order valence-electron chi connectivity index (χ3n) is 6.36. The van der Waals surface area contributed by atoms with Gasteiger partial charge >= 0.3 is 12.1 Å². The number of ether oxygens (including phenoxy) is 1. The van der Waals surface area contributed by atoms with Crippen molar-refractivity contribution >= 4 is 23.3 Å². The maximum Gasteiger partial charge on any atom is 0.435 e. The van der Waals surface area contributed by atoms with Crippen LogP contribution in [0.3, 0.4) is 0 Å². The number of aromatic nitrogens is 2. The molecule has 0 unspecified atom stereocenters. The average molecular weight is 493 g/mol. The quantitative estimate of drug-likeness (QED) is 0.525. The standard InChI is InChI=1S/C23H26F3N5O4/c24-23(25,26)21-20-17(2-1-3-18(20)32)31(30-21)13-6-9-15(22(28)34)16(10-13)29-12-4-7-14(8-5-12)35-19(33)11-27/h6,9-10,12,14,29H,1-5,7-8,11,27H2,(H2,28,34). The Morgan fingerprint density at radius 2 is 1.89 bits per heavy atom. The van der Waals surface area contributed by atoms with Gasteiger partial charge in [-0.15, -0.1) is 0 Å². The fraction of sp³-hybridized carbons (Fsp3) is 0.478. The van der Waals surface area contributed by atoms with Crippen LogP contribution in [0.15, 0.2) is 18.2 Å². The number of Topliss-reactive ketones (excluding diaryl/α,β-unsaturated/α-hetero) is 1. The zero-order valence-electron chi connectivity index (χ0n) is 18.9. The predicted molar refractivity (Wildman–Crippen MR) is 119 cm³/mol. The summed E-state index contributed by atoms with van der Waals surface area (Å²) in [6.45, 7) is -0.189. The Morgan fingerprint density at radius 3 is 2.51 bits per heavy atom. The maximum absolute atomic E-state index is 13.6. The lowest BCUT2D eigenvalue weighted by molar-refractivity contribution is -0.148. The van der Waals surface area contributed by atoms with E-state index in [9.17, 15) is 27.6 Å². The number of anilines is 1. The van der Waals surface area contributed by atoms with Crippen LogP contribution in [0.1, 0.15) is 70.6 Å². The first-order valence-electron chi connectivity index (χ1n) is 11.4. The summed E-state index contributed by atoms with van der Waals surface area (Å²) in [5.74, 6) is -1.74. The number of nitrogens with zero attached hydrogens (tertiary/aromatic N) is 2. The van der Waals surface area contributed by atoms with Gasteiger partial charge in [-0.2, -0.15) is 18.3 Å². The number of hydrogen-bond acceptors (Lipinski definition) is 7. The smallest absolute Gasteiger partial charge is 0.435 e. The molecule has 0 spiro atoms. The minimum atomic E-state index is -4.78. The van der Waals surface area contributed by atoms with E-state index >= 15 is 0 Å². The fourth-order valence-corrected chi connectivity index (χ4v) is 4.71. The number of benzene rings is 1. The van der Waals surface area contributed by atoms with E-state index in [0.29, 0.717) is 37.8 Å². The van der Waals surface area contributed by atoms with Crippen LogP contribution in [-0.4, -0.2) is 46.1 Å². The van der Waals surface area contributed by atoms with Crippen molar-refractivity contribution < 1.29 is 32.3 Å². The summed E-state index contributed by atoms with van der Waals surface area (Å²) < 4.78 is 47.3. The van der Waals surface area contributed by atoms with Crippen LogP contribution in [0.25, 0.3) is 5.69 Å². The molecule has 1 amide bonds. The van der Waals surface area contributed by atoms with Crippen molar-refractivity contribution in [1.82, 2.24) is 9.78 Å². The van der Waals surface area contributed by atoms with E-state index in [-0.39, 0.29) is 54.0 Å². The van der Waals surface area contributed by atoms with Gasteiger partial charge < -0.3 is 21.5 Å². The molecule has 0 saturated heterocycles. The topological polar surface area (TPSA) is 142 Å². The number of amides is 1. The molecule has 35 heavy (non-hydrogen) atoms. The number of primary amides is 1. The number of carbonyl (C=O) groups excluding carboxylic acids is 3. The highest BCUT2D eigenvalue weighted by molar-refractivity contribution is 6.00. The van der Waals surface area contributed by atoms with Gasteiger partial charge in [0.1, 0.15) is 6.10 Å². The molecule has 188 valence electrons. The summed E-state index contributed by atoms with van der Waals surface area (Å²) in [4.78, 5) is 35.8. The van der Waals surface area contributed by atoms with Crippen molar-refractivity contribution in [3.63, 3.8) is 0 Å². The molecule has 0 bridgehead atoms. The molecule has 0 aliphatic heterocycles. The van der Waals surface area contributed by atoms with E-state index < -0.39 is 29.5 Å². The zero-order valence-corrected chi connectivity index (χ0v) is 18.9. The molecule has 2 aliphatic carbocycles. The second-order valence-electron chi connectivity index (χ2n) is 8.76. The highest BCUT2D eigenvalue weighted by Gasteiger charge is 2.42. The van der Waals surface area contributed by atoms with E-state index in [0.717, 1.165) is 4.68 Å². The molecule has 2 aromatic rings. The molecule has 4 rings (SSSR count). The number of esters is 1. The number of fused-ring (bicyclic) bond motifs is 1. The lowest BCUT2D eigenvalue weighted by Crippen LogP contribution is -2.33. The molecule has 1 aromatic heterocycles. The Hall–Kier alpha value is -3.41. The first kappa shape index (κ1) is 24.7. The lowest BCUT2D eigenvalue weighted by Gasteiger charge is -2.30. The van der Waals surface area contributed by atoms with Crippen LogP contribution in [0.4, 0.5) is 18.9 Å². The molecule has 0 radical (unpaired) electrons. The molecular formula is C23H26F3N5O4. The van der Waals surface area contributed by atoms with Crippen molar-refractivity contribution in [3.05, 3.63) is 40.7 Å². The van der Waals surface area contributed by atoms with E-state index in [4.69, 9.17) is 16.2 Å². The fourth-order valence-electron chi connectivity index (χ4n) is 4.71. The number of nitrogens with one attached hydrogen (secondary N) is 1. The van der Waals surface area contributed by atoms with Gasteiger partial charge in [-0.3, -0.25) is 14.4 Å². The molecule has 1 saturated carbocycles. The SMILES string of the molecule is NCC(=O)OC1CCC(Nc2cc(-n3nc(C(F)(F)F)c4c3CCCC4=O)ccc2C(N)=O)CC1. The molecule has 9 nitrogen and oxygen atoms in total. The number of nitrogens with two attached hydrogens (primary N) is 2. The summed E-state index contributed by atoms with van der Waals surface area (Å²) in [6.07, 6.45) is -1.81. The highest BCUT2D eigenvalue weighted by Crippen LogP contribution is 2.37. The first-order chi connectivity index (χ1) is 16.6. The third kappa shape index (κ3) is 5.16. The molecule has 1 heterocycles. The summed E-state index contributed by atoms with van der Waals surface area (Å²) >= 11 is 0. The van der Waals surface area contributed by atoms with Gasteiger partial charge in [-0.05, 0) is 56.7 Å². The molecule has 2 aliphatic rings. The number of hydrogen-bond donors (Lipinski definition) is 3. The Bertz CT molecular complexity index is 1150. The molecule has 1 fully saturated rings. The van der Waals surface area contributed by atoms with Crippen molar-refractivity contribution in [2.75, 3.05) is 11.9 Å². The second kappa shape index (κ2) is 9.68.